The molecule has 3 rings (SSSR count). The Labute approximate surface area is 134 Å². The Kier molecular flexibility index (Phi) is 4.73. The van der Waals surface area contributed by atoms with Gasteiger partial charge in [-0.3, -0.25) is 24.5 Å². The molecule has 0 spiro atoms. The van der Waals surface area contributed by atoms with Crippen LogP contribution in [-0.4, -0.2) is 75.3 Å². The average molecular weight is 324 g/mol. The summed E-state index contributed by atoms with van der Waals surface area (Å²) in [6.07, 6.45) is 3.36. The minimum absolute atomic E-state index is 0.0700. The third-order valence-electron chi connectivity index (χ3n) is 3.79. The number of aromatic nitrogens is 1. The fourth-order valence-corrected chi connectivity index (χ4v) is 5.36. The molecule has 2 aliphatic rings. The molecule has 0 bridgehead atoms. The Bertz CT molecular complexity index is 481. The van der Waals surface area contributed by atoms with Crippen LogP contribution < -0.4 is 0 Å². The zero-order valence-electron chi connectivity index (χ0n) is 12.3. The highest BCUT2D eigenvalue weighted by atomic mass is 32.2. The average Bonchev–Trinajstić information content (AvgIpc) is 3.10. The molecule has 7 heteroatoms. The van der Waals surface area contributed by atoms with E-state index in [2.05, 4.69) is 28.9 Å². The van der Waals surface area contributed by atoms with E-state index < -0.39 is 0 Å². The third kappa shape index (κ3) is 3.06. The Morgan fingerprint density at radius 1 is 1.24 bits per heavy atom. The van der Waals surface area contributed by atoms with Crippen molar-refractivity contribution >= 4 is 29.4 Å². The molecule has 2 unspecified atom stereocenters. The summed E-state index contributed by atoms with van der Waals surface area (Å²) in [4.78, 5) is 23.6. The Morgan fingerprint density at radius 2 is 1.86 bits per heavy atom. The molecule has 0 aliphatic carbocycles. The highest BCUT2D eigenvalue weighted by Crippen LogP contribution is 2.35. The summed E-state index contributed by atoms with van der Waals surface area (Å²) in [6.45, 7) is 2.04. The molecule has 1 aromatic heterocycles. The summed E-state index contributed by atoms with van der Waals surface area (Å²) >= 11 is 3.68. The number of nitrogens with zero attached hydrogens (tertiary/aromatic N) is 4. The van der Waals surface area contributed by atoms with Crippen molar-refractivity contribution in [2.45, 2.75) is 11.0 Å². The summed E-state index contributed by atoms with van der Waals surface area (Å²) in [7, 11) is 4.18. The van der Waals surface area contributed by atoms with E-state index in [1.807, 2.05) is 40.6 Å². The van der Waals surface area contributed by atoms with Crippen LogP contribution in [0.5, 0.6) is 0 Å². The van der Waals surface area contributed by atoms with Crippen LogP contribution in [0, 0.1) is 0 Å². The number of hydrogen-bond acceptors (Lipinski definition) is 6. The number of carbonyl (C=O) groups excluding carboxylic acids is 1. The van der Waals surface area contributed by atoms with E-state index in [-0.39, 0.29) is 16.9 Å². The first-order valence-corrected chi connectivity index (χ1v) is 9.14. The largest absolute Gasteiger partial charge is 0.288 e. The number of amides is 1. The van der Waals surface area contributed by atoms with Crippen molar-refractivity contribution in [3.63, 3.8) is 0 Å². The van der Waals surface area contributed by atoms with Crippen molar-refractivity contribution in [3.05, 3.63) is 30.1 Å². The van der Waals surface area contributed by atoms with Gasteiger partial charge in [-0.1, -0.05) is 0 Å². The second-order valence-electron chi connectivity index (χ2n) is 5.31. The highest BCUT2D eigenvalue weighted by molar-refractivity contribution is 8.00. The van der Waals surface area contributed by atoms with Gasteiger partial charge in [0.05, 0.1) is 5.56 Å². The number of rotatable bonds is 3. The van der Waals surface area contributed by atoms with Crippen LogP contribution in [0.2, 0.25) is 0 Å². The lowest BCUT2D eigenvalue weighted by molar-refractivity contribution is 0.0425. The molecule has 3 heterocycles. The van der Waals surface area contributed by atoms with Crippen molar-refractivity contribution in [3.8, 4) is 0 Å². The SMILES string of the molecule is CN1CCSC1N(C(=O)c1cccnc1)C1SCCN1C. The van der Waals surface area contributed by atoms with Gasteiger partial charge in [0.1, 0.15) is 11.0 Å². The van der Waals surface area contributed by atoms with Crippen molar-refractivity contribution in [2.24, 2.45) is 0 Å². The number of thioether (sulfide) groups is 2. The van der Waals surface area contributed by atoms with E-state index in [4.69, 9.17) is 0 Å². The molecule has 5 nitrogen and oxygen atoms in total. The summed E-state index contributed by atoms with van der Waals surface area (Å²) in [6, 6.07) is 3.67. The van der Waals surface area contributed by atoms with E-state index in [9.17, 15) is 4.79 Å². The predicted molar refractivity (Wildman–Crippen MR) is 88.2 cm³/mol. The maximum atomic E-state index is 13.0. The van der Waals surface area contributed by atoms with E-state index in [1.165, 1.54) is 0 Å². The van der Waals surface area contributed by atoms with Gasteiger partial charge in [0.25, 0.3) is 5.91 Å². The van der Waals surface area contributed by atoms with Gasteiger partial charge in [0, 0.05) is 37.0 Å². The molecule has 2 aliphatic heterocycles. The smallest absolute Gasteiger partial charge is 0.259 e. The Morgan fingerprint density at radius 3 is 2.29 bits per heavy atom. The molecule has 0 aromatic carbocycles. The summed E-state index contributed by atoms with van der Waals surface area (Å²) < 4.78 is 0. The van der Waals surface area contributed by atoms with Crippen LogP contribution in [0.3, 0.4) is 0 Å². The van der Waals surface area contributed by atoms with E-state index >= 15 is 0 Å². The van der Waals surface area contributed by atoms with Crippen molar-refractivity contribution in [1.82, 2.24) is 19.7 Å². The van der Waals surface area contributed by atoms with Gasteiger partial charge in [0.15, 0.2) is 0 Å². The fraction of sp³-hybridized carbons (Fsp3) is 0.571. The van der Waals surface area contributed by atoms with E-state index in [1.54, 1.807) is 12.4 Å². The molecule has 2 saturated heterocycles. The number of carbonyl (C=O) groups is 1. The molecule has 2 fully saturated rings. The maximum absolute atomic E-state index is 13.0. The van der Waals surface area contributed by atoms with Gasteiger partial charge < -0.3 is 0 Å². The first-order chi connectivity index (χ1) is 10.2. The van der Waals surface area contributed by atoms with Crippen LogP contribution in [0.1, 0.15) is 10.4 Å². The predicted octanol–water partition coefficient (Wildman–Crippen LogP) is 1.45. The minimum atomic E-state index is 0.0700. The lowest BCUT2D eigenvalue weighted by atomic mass is 10.2. The molecule has 1 amide bonds. The Hall–Kier alpha value is -0.760. The first kappa shape index (κ1) is 15.1. The molecule has 2 atom stereocenters. The standard InChI is InChI=1S/C14H20N4OS2/c1-16-6-8-20-13(16)18(14-17(2)7-9-21-14)12(19)11-4-3-5-15-10-11/h3-5,10,13-14H,6-9H2,1-2H3. The third-order valence-corrected chi connectivity index (χ3v) is 6.40. The topological polar surface area (TPSA) is 39.7 Å². The molecule has 0 N–H and O–H groups in total. The van der Waals surface area contributed by atoms with E-state index in [0.29, 0.717) is 5.56 Å². The highest BCUT2D eigenvalue weighted by Gasteiger charge is 2.40. The van der Waals surface area contributed by atoms with Crippen molar-refractivity contribution in [1.29, 1.82) is 0 Å². The van der Waals surface area contributed by atoms with Gasteiger partial charge in [-0.25, -0.2) is 0 Å². The second-order valence-corrected chi connectivity index (χ2v) is 7.64. The zero-order chi connectivity index (χ0) is 14.8. The molecule has 1 aromatic rings. The minimum Gasteiger partial charge on any atom is -0.288 e. The van der Waals surface area contributed by atoms with Gasteiger partial charge in [-0.05, 0) is 26.2 Å². The van der Waals surface area contributed by atoms with Crippen LogP contribution in [-0.2, 0) is 0 Å². The van der Waals surface area contributed by atoms with Crippen LogP contribution >= 0.6 is 23.5 Å². The van der Waals surface area contributed by atoms with Crippen LogP contribution in [0.15, 0.2) is 24.5 Å². The van der Waals surface area contributed by atoms with Crippen LogP contribution in [0.25, 0.3) is 0 Å². The van der Waals surface area contributed by atoms with Crippen molar-refractivity contribution < 1.29 is 4.79 Å². The normalized spacial score (nSPS) is 27.1. The molecule has 21 heavy (non-hydrogen) atoms. The molecular formula is C14H20N4OS2. The maximum Gasteiger partial charge on any atom is 0.259 e. The van der Waals surface area contributed by atoms with E-state index in [0.717, 1.165) is 24.6 Å². The zero-order valence-corrected chi connectivity index (χ0v) is 13.9. The Balaban J connectivity index is 1.90. The second kappa shape index (κ2) is 6.56. The van der Waals surface area contributed by atoms with Gasteiger partial charge in [-0.15, -0.1) is 23.5 Å². The summed E-state index contributed by atoms with van der Waals surface area (Å²) in [5, 5.41) is 0. The summed E-state index contributed by atoms with van der Waals surface area (Å²) in [5.41, 5.74) is 0.880. The monoisotopic (exact) mass is 324 g/mol. The first-order valence-electron chi connectivity index (χ1n) is 7.05. The van der Waals surface area contributed by atoms with Gasteiger partial charge in [0.2, 0.25) is 0 Å². The molecular weight excluding hydrogens is 304 g/mol. The van der Waals surface area contributed by atoms with Gasteiger partial charge >= 0.3 is 0 Å². The fourth-order valence-electron chi connectivity index (χ4n) is 2.61. The molecule has 0 radical (unpaired) electrons. The molecule has 0 saturated carbocycles. The lowest BCUT2D eigenvalue weighted by Gasteiger charge is -2.39. The van der Waals surface area contributed by atoms with Crippen LogP contribution in [0.4, 0.5) is 0 Å². The van der Waals surface area contributed by atoms with Gasteiger partial charge in [-0.2, -0.15) is 0 Å². The molecule has 114 valence electrons. The number of hydrogen-bond donors (Lipinski definition) is 0. The van der Waals surface area contributed by atoms with Crippen molar-refractivity contribution in [2.75, 3.05) is 38.7 Å². The number of pyridine rings is 1. The quantitative estimate of drug-likeness (QED) is 0.838. The lowest BCUT2D eigenvalue weighted by Crippen LogP contribution is -2.53. The summed E-state index contributed by atoms with van der Waals surface area (Å²) in [5.74, 6) is 2.21.